The highest BCUT2D eigenvalue weighted by molar-refractivity contribution is 5.84. The molecule has 3 aliphatic rings. The predicted molar refractivity (Wildman–Crippen MR) is 97.5 cm³/mol. The third-order valence-electron chi connectivity index (χ3n) is 5.95. The number of cyclic esters (lactones) is 1. The normalized spacial score (nSPS) is 42.9. The van der Waals surface area contributed by atoms with Gasteiger partial charge in [0.15, 0.2) is 0 Å². The summed E-state index contributed by atoms with van der Waals surface area (Å²) < 4.78 is 53.4. The number of ether oxygens (including phenoxy) is 2. The van der Waals surface area contributed by atoms with Gasteiger partial charge in [-0.1, -0.05) is 44.9 Å². The molecule has 1 aromatic rings. The van der Waals surface area contributed by atoms with Crippen molar-refractivity contribution in [2.24, 2.45) is 17.8 Å². The molecular formula is C21H29NO3. The first kappa shape index (κ1) is 11.9. The molecule has 0 aromatic heterocycles. The van der Waals surface area contributed by atoms with Crippen LogP contribution >= 0.6 is 0 Å². The summed E-state index contributed by atoms with van der Waals surface area (Å²) in [4.78, 5) is 13.7. The highest BCUT2D eigenvalue weighted by Crippen LogP contribution is 2.46. The number of rotatable bonds is 3. The first-order valence-electron chi connectivity index (χ1n) is 11.8. The standard InChI is InChI=1S/C21H29NO3/c1-4-14-10-9-13(2)11-18(14)24-21-16-12-22(3)17-8-6-5-7-15(17)19(16)20(23)25-21/h5-8,13-14,16,18-19,21H,4,9-12H2,1-3H3/t13-,14-,16-,18-,19+,21-/m1/s1/i3D3,12D2. The predicted octanol–water partition coefficient (Wildman–Crippen LogP) is 3.95. The first-order chi connectivity index (χ1) is 14.1. The van der Waals surface area contributed by atoms with Crippen molar-refractivity contribution in [3.63, 3.8) is 0 Å². The van der Waals surface area contributed by atoms with E-state index in [1.165, 1.54) is 0 Å². The highest BCUT2D eigenvalue weighted by atomic mass is 16.7. The minimum Gasteiger partial charge on any atom is -0.435 e. The van der Waals surface area contributed by atoms with Crippen molar-refractivity contribution in [2.75, 3.05) is 18.4 Å². The van der Waals surface area contributed by atoms with Gasteiger partial charge >= 0.3 is 5.97 Å². The van der Waals surface area contributed by atoms with E-state index in [1.807, 2.05) is 0 Å². The Labute approximate surface area is 157 Å². The van der Waals surface area contributed by atoms with Gasteiger partial charge in [0.05, 0.1) is 17.9 Å². The molecule has 0 radical (unpaired) electrons. The van der Waals surface area contributed by atoms with Crippen molar-refractivity contribution in [1.29, 1.82) is 0 Å². The second-order valence-electron chi connectivity index (χ2n) is 7.59. The van der Waals surface area contributed by atoms with Crippen LogP contribution < -0.4 is 4.90 Å². The van der Waals surface area contributed by atoms with E-state index in [2.05, 4.69) is 13.8 Å². The fourth-order valence-electron chi connectivity index (χ4n) is 4.50. The van der Waals surface area contributed by atoms with Crippen molar-refractivity contribution >= 4 is 11.7 Å². The number of hydrogen-bond acceptors (Lipinski definition) is 4. The van der Waals surface area contributed by atoms with Crippen molar-refractivity contribution in [2.45, 2.75) is 57.8 Å². The molecule has 25 heavy (non-hydrogen) atoms. The molecule has 2 aliphatic heterocycles. The average Bonchev–Trinajstić information content (AvgIpc) is 2.98. The molecule has 0 unspecified atom stereocenters. The van der Waals surface area contributed by atoms with Crippen LogP contribution in [0.2, 0.25) is 0 Å². The Morgan fingerprint density at radius 3 is 3.04 bits per heavy atom. The van der Waals surface area contributed by atoms with Crippen molar-refractivity contribution in [3.8, 4) is 0 Å². The van der Waals surface area contributed by atoms with Gasteiger partial charge in [0, 0.05) is 26.0 Å². The second kappa shape index (κ2) is 6.64. The van der Waals surface area contributed by atoms with Crippen LogP contribution in [0, 0.1) is 17.8 Å². The minimum atomic E-state index is -2.72. The topological polar surface area (TPSA) is 38.8 Å². The summed E-state index contributed by atoms with van der Waals surface area (Å²) in [6.45, 7) is -0.791. The number of nitrogens with zero attached hydrogens (tertiary/aromatic N) is 1. The summed E-state index contributed by atoms with van der Waals surface area (Å²) >= 11 is 0. The average molecular weight is 348 g/mol. The number of carbonyl (C=O) groups is 1. The van der Waals surface area contributed by atoms with Gasteiger partial charge in [-0.25, -0.2) is 0 Å². The Balaban J connectivity index is 1.73. The van der Waals surface area contributed by atoms with Crippen LogP contribution in [0.15, 0.2) is 24.3 Å². The molecule has 6 atom stereocenters. The van der Waals surface area contributed by atoms with E-state index in [0.29, 0.717) is 17.4 Å². The molecule has 136 valence electrons. The van der Waals surface area contributed by atoms with Gasteiger partial charge in [0.1, 0.15) is 0 Å². The van der Waals surface area contributed by atoms with E-state index in [-0.39, 0.29) is 11.8 Å². The number of esters is 1. The molecule has 2 fully saturated rings. The van der Waals surface area contributed by atoms with Gasteiger partial charge in [0.25, 0.3) is 0 Å². The highest BCUT2D eigenvalue weighted by Gasteiger charge is 2.51. The summed E-state index contributed by atoms with van der Waals surface area (Å²) in [7, 11) is 0. The van der Waals surface area contributed by atoms with Gasteiger partial charge in [-0.3, -0.25) is 4.79 Å². The lowest BCUT2D eigenvalue weighted by Crippen LogP contribution is -2.42. The Kier molecular flexibility index (Phi) is 3.17. The zero-order valence-corrected chi connectivity index (χ0v) is 14.8. The van der Waals surface area contributed by atoms with Crippen LogP contribution in [0.4, 0.5) is 5.69 Å². The first-order valence-corrected chi connectivity index (χ1v) is 9.31. The van der Waals surface area contributed by atoms with Crippen LogP contribution in [0.1, 0.15) is 57.9 Å². The van der Waals surface area contributed by atoms with Gasteiger partial charge in [-0.15, -0.1) is 0 Å². The maximum atomic E-state index is 12.9. The molecule has 1 aromatic carbocycles. The lowest BCUT2D eigenvalue weighted by molar-refractivity contribution is -0.192. The number of benzene rings is 1. The van der Waals surface area contributed by atoms with Crippen LogP contribution in [-0.2, 0) is 14.3 Å². The van der Waals surface area contributed by atoms with Crippen LogP contribution in [-0.4, -0.2) is 31.8 Å². The summed E-state index contributed by atoms with van der Waals surface area (Å²) in [5.74, 6) is -1.70. The molecule has 0 bridgehead atoms. The number of carbonyl (C=O) groups excluding carboxylic acids is 1. The Morgan fingerprint density at radius 1 is 1.40 bits per heavy atom. The SMILES string of the molecule is [2H]C([2H])([2H])N1c2ccccc2[C@@H]2C(=O)O[C@@H](O[C@@H]3C[C@H](C)CC[C@H]3CC)[C@@H]2C1([2H])[2H]. The lowest BCUT2D eigenvalue weighted by Gasteiger charge is -2.39. The molecule has 1 saturated heterocycles. The number of anilines is 1. The lowest BCUT2D eigenvalue weighted by atomic mass is 9.79. The van der Waals surface area contributed by atoms with E-state index in [4.69, 9.17) is 16.3 Å². The van der Waals surface area contributed by atoms with Crippen molar-refractivity contribution in [3.05, 3.63) is 29.8 Å². The molecule has 4 heteroatoms. The number of para-hydroxylation sites is 1. The molecule has 0 spiro atoms. The maximum absolute atomic E-state index is 12.9. The van der Waals surface area contributed by atoms with Crippen molar-refractivity contribution < 1.29 is 21.1 Å². The fraction of sp³-hybridized carbons (Fsp3) is 0.667. The zero-order valence-electron chi connectivity index (χ0n) is 19.8. The maximum Gasteiger partial charge on any atom is 0.316 e. The Morgan fingerprint density at radius 2 is 2.24 bits per heavy atom. The number of hydrogen-bond donors (Lipinski definition) is 0. The minimum absolute atomic E-state index is 0.135. The Bertz CT molecular complexity index is 814. The van der Waals surface area contributed by atoms with E-state index in [1.54, 1.807) is 24.3 Å². The van der Waals surface area contributed by atoms with Crippen LogP contribution in [0.25, 0.3) is 0 Å². The summed E-state index contributed by atoms with van der Waals surface area (Å²) in [5, 5.41) is 0. The molecule has 0 N–H and O–H groups in total. The third kappa shape index (κ3) is 2.95. The largest absolute Gasteiger partial charge is 0.435 e. The van der Waals surface area contributed by atoms with Crippen molar-refractivity contribution in [1.82, 2.24) is 0 Å². The van der Waals surface area contributed by atoms with Gasteiger partial charge < -0.3 is 14.4 Å². The summed E-state index contributed by atoms with van der Waals surface area (Å²) in [6, 6.07) is 6.61. The zero-order chi connectivity index (χ0) is 21.8. The Hall–Kier alpha value is -1.55. The smallest absolute Gasteiger partial charge is 0.316 e. The van der Waals surface area contributed by atoms with Crippen LogP contribution in [0.5, 0.6) is 0 Å². The molecule has 1 aliphatic carbocycles. The second-order valence-corrected chi connectivity index (χ2v) is 7.59. The van der Waals surface area contributed by atoms with Crippen LogP contribution in [0.3, 0.4) is 0 Å². The van der Waals surface area contributed by atoms with E-state index in [0.717, 1.165) is 30.6 Å². The molecule has 1 saturated carbocycles. The summed E-state index contributed by atoms with van der Waals surface area (Å²) in [5.41, 5.74) is 0.688. The third-order valence-corrected chi connectivity index (χ3v) is 5.95. The molecule has 4 nitrogen and oxygen atoms in total. The summed E-state index contributed by atoms with van der Waals surface area (Å²) in [6.07, 6.45) is 2.66. The van der Waals surface area contributed by atoms with E-state index in [9.17, 15) is 4.79 Å². The molecular weight excluding hydrogens is 314 g/mol. The molecule has 4 rings (SSSR count). The molecule has 2 heterocycles. The molecule has 0 amide bonds. The fourth-order valence-corrected chi connectivity index (χ4v) is 4.50. The number of fused-ring (bicyclic) bond motifs is 3. The quantitative estimate of drug-likeness (QED) is 0.775. The van der Waals surface area contributed by atoms with E-state index < -0.39 is 37.6 Å². The van der Waals surface area contributed by atoms with Gasteiger partial charge in [-0.2, -0.15) is 0 Å². The van der Waals surface area contributed by atoms with Gasteiger partial charge in [-0.05, 0) is 36.3 Å². The van der Waals surface area contributed by atoms with Gasteiger partial charge in [0.2, 0.25) is 6.29 Å². The van der Waals surface area contributed by atoms with E-state index >= 15 is 0 Å². The monoisotopic (exact) mass is 348 g/mol.